The molecule has 0 aliphatic heterocycles. The van der Waals surface area contributed by atoms with Crippen molar-refractivity contribution in [3.8, 4) is 0 Å². The molecule has 0 aromatic heterocycles. The summed E-state index contributed by atoms with van der Waals surface area (Å²) in [6.45, 7) is 1.66. The van der Waals surface area contributed by atoms with Crippen LogP contribution in [0, 0.1) is 11.6 Å². The predicted molar refractivity (Wildman–Crippen MR) is 58.4 cm³/mol. The summed E-state index contributed by atoms with van der Waals surface area (Å²) in [5.41, 5.74) is -0.0233. The Balaban J connectivity index is 2.69. The van der Waals surface area contributed by atoms with Crippen molar-refractivity contribution >= 4 is 17.5 Å². The molecule has 1 rings (SSSR count). The quantitative estimate of drug-likeness (QED) is 0.813. The van der Waals surface area contributed by atoms with Crippen molar-refractivity contribution in [1.29, 1.82) is 0 Å². The molecule has 0 aliphatic rings. The van der Waals surface area contributed by atoms with Gasteiger partial charge in [0.05, 0.1) is 0 Å². The van der Waals surface area contributed by atoms with Gasteiger partial charge < -0.3 is 5.32 Å². The van der Waals surface area contributed by atoms with Crippen molar-refractivity contribution < 1.29 is 13.6 Å². The van der Waals surface area contributed by atoms with Gasteiger partial charge in [-0.25, -0.2) is 8.78 Å². The minimum atomic E-state index is -0.605. The molecule has 0 spiro atoms. The second-order valence-electron chi connectivity index (χ2n) is 3.51. The fourth-order valence-corrected chi connectivity index (χ4v) is 1.48. The average molecular weight is 248 g/mol. The first-order valence-corrected chi connectivity index (χ1v) is 5.36. The number of hydrogen-bond acceptors (Lipinski definition) is 1. The molecule has 1 amide bonds. The van der Waals surface area contributed by atoms with Crippen molar-refractivity contribution in [2.75, 3.05) is 5.88 Å². The number of carbonyl (C=O) groups is 1. The summed E-state index contributed by atoms with van der Waals surface area (Å²) in [6.07, 6.45) is 0.0983. The normalized spacial score (nSPS) is 12.2. The van der Waals surface area contributed by atoms with E-state index in [4.69, 9.17) is 11.6 Å². The lowest BCUT2D eigenvalue weighted by molar-refractivity contribution is -0.119. The summed E-state index contributed by atoms with van der Waals surface area (Å²) in [5.74, 6) is -1.73. The summed E-state index contributed by atoms with van der Waals surface area (Å²) in [6, 6.07) is 3.32. The van der Waals surface area contributed by atoms with Crippen LogP contribution in [0.5, 0.6) is 0 Å². The zero-order valence-electron chi connectivity index (χ0n) is 8.77. The van der Waals surface area contributed by atoms with Gasteiger partial charge in [0.15, 0.2) is 0 Å². The van der Waals surface area contributed by atoms with Crippen LogP contribution >= 0.6 is 11.6 Å². The monoisotopic (exact) mass is 247 g/mol. The van der Waals surface area contributed by atoms with E-state index in [1.54, 1.807) is 6.92 Å². The number of benzene rings is 1. The van der Waals surface area contributed by atoms with Gasteiger partial charge >= 0.3 is 0 Å². The molecule has 5 heteroatoms. The Labute approximate surface area is 97.6 Å². The number of amides is 1. The molecule has 88 valence electrons. The Kier molecular flexibility index (Phi) is 4.68. The highest BCUT2D eigenvalue weighted by Gasteiger charge is 2.13. The van der Waals surface area contributed by atoms with Gasteiger partial charge in [0.2, 0.25) is 5.91 Å². The van der Waals surface area contributed by atoms with Gasteiger partial charge in [-0.2, -0.15) is 0 Å². The number of carbonyl (C=O) groups excluding carboxylic acids is 1. The molecule has 0 heterocycles. The van der Waals surface area contributed by atoms with E-state index in [2.05, 4.69) is 5.32 Å². The van der Waals surface area contributed by atoms with E-state index in [-0.39, 0.29) is 29.8 Å². The second-order valence-corrected chi connectivity index (χ2v) is 3.77. The van der Waals surface area contributed by atoms with Gasteiger partial charge in [-0.3, -0.25) is 4.79 Å². The third-order valence-electron chi connectivity index (χ3n) is 2.10. The first-order valence-electron chi connectivity index (χ1n) is 4.82. The van der Waals surface area contributed by atoms with E-state index >= 15 is 0 Å². The highest BCUT2D eigenvalue weighted by molar-refractivity contribution is 6.27. The Bertz CT molecular complexity index is 364. The lowest BCUT2D eigenvalue weighted by Crippen LogP contribution is -2.35. The standard InChI is InChI=1S/C11H12ClF2NO/c1-7(15-11(16)6-12)5-8-9(13)3-2-4-10(8)14/h2-4,7H,5-6H2,1H3,(H,15,16)/t7-/m0/s1. The highest BCUT2D eigenvalue weighted by Crippen LogP contribution is 2.13. The van der Waals surface area contributed by atoms with Gasteiger partial charge in [-0.1, -0.05) is 6.07 Å². The summed E-state index contributed by atoms with van der Waals surface area (Å²) in [7, 11) is 0. The van der Waals surface area contributed by atoms with Crippen molar-refractivity contribution in [3.63, 3.8) is 0 Å². The molecule has 16 heavy (non-hydrogen) atoms. The van der Waals surface area contributed by atoms with Gasteiger partial charge in [-0.05, 0) is 25.5 Å². The molecule has 1 aromatic carbocycles. The smallest absolute Gasteiger partial charge is 0.235 e. The predicted octanol–water partition coefficient (Wildman–Crippen LogP) is 2.25. The molecular weight excluding hydrogens is 236 g/mol. The number of nitrogens with one attached hydrogen (secondary N) is 1. The Morgan fingerprint density at radius 1 is 1.44 bits per heavy atom. The van der Waals surface area contributed by atoms with Crippen LogP contribution in [-0.4, -0.2) is 17.8 Å². The maximum atomic E-state index is 13.3. The van der Waals surface area contributed by atoms with E-state index in [0.717, 1.165) is 0 Å². The van der Waals surface area contributed by atoms with Crippen LogP contribution in [0.3, 0.4) is 0 Å². The average Bonchev–Trinajstić information content (AvgIpc) is 2.23. The summed E-state index contributed by atoms with van der Waals surface area (Å²) in [4.78, 5) is 11.0. The molecular formula is C11H12ClF2NO. The number of halogens is 3. The minimum Gasteiger partial charge on any atom is -0.352 e. The third-order valence-corrected chi connectivity index (χ3v) is 2.34. The van der Waals surface area contributed by atoms with Gasteiger partial charge in [-0.15, -0.1) is 11.6 Å². The molecule has 0 bridgehead atoms. The molecule has 1 aromatic rings. The van der Waals surface area contributed by atoms with Gasteiger partial charge in [0, 0.05) is 11.6 Å². The lowest BCUT2D eigenvalue weighted by atomic mass is 10.1. The van der Waals surface area contributed by atoms with Gasteiger partial charge in [0.25, 0.3) is 0 Å². The van der Waals surface area contributed by atoms with Crippen LogP contribution in [0.2, 0.25) is 0 Å². The van der Waals surface area contributed by atoms with Crippen molar-refractivity contribution in [1.82, 2.24) is 5.32 Å². The van der Waals surface area contributed by atoms with E-state index in [0.29, 0.717) is 0 Å². The molecule has 0 saturated carbocycles. The molecule has 2 nitrogen and oxygen atoms in total. The van der Waals surface area contributed by atoms with Crippen LogP contribution < -0.4 is 5.32 Å². The fraction of sp³-hybridized carbons (Fsp3) is 0.364. The zero-order chi connectivity index (χ0) is 12.1. The molecule has 0 radical (unpaired) electrons. The minimum absolute atomic E-state index is 0.0233. The van der Waals surface area contributed by atoms with Crippen LogP contribution in [0.1, 0.15) is 12.5 Å². The van der Waals surface area contributed by atoms with E-state index in [9.17, 15) is 13.6 Å². The number of hydrogen-bond donors (Lipinski definition) is 1. The third kappa shape index (κ3) is 3.45. The van der Waals surface area contributed by atoms with E-state index in [1.807, 2.05) is 0 Å². The first kappa shape index (κ1) is 12.9. The molecule has 0 fully saturated rings. The van der Waals surface area contributed by atoms with Crippen LogP contribution in [0.4, 0.5) is 8.78 Å². The SMILES string of the molecule is C[C@@H](Cc1c(F)cccc1F)NC(=O)CCl. The maximum Gasteiger partial charge on any atom is 0.235 e. The summed E-state index contributed by atoms with van der Waals surface area (Å²) in [5, 5.41) is 2.53. The molecule has 0 saturated heterocycles. The highest BCUT2D eigenvalue weighted by atomic mass is 35.5. The first-order chi connectivity index (χ1) is 7.54. The second kappa shape index (κ2) is 5.80. The van der Waals surface area contributed by atoms with Crippen LogP contribution in [0.25, 0.3) is 0 Å². The molecule has 1 atom stereocenters. The van der Waals surface area contributed by atoms with Crippen molar-refractivity contribution in [2.45, 2.75) is 19.4 Å². The van der Waals surface area contributed by atoms with E-state index in [1.165, 1.54) is 18.2 Å². The Morgan fingerprint density at radius 3 is 2.50 bits per heavy atom. The molecule has 1 N–H and O–H groups in total. The lowest BCUT2D eigenvalue weighted by Gasteiger charge is -2.13. The van der Waals surface area contributed by atoms with Crippen LogP contribution in [0.15, 0.2) is 18.2 Å². The van der Waals surface area contributed by atoms with Crippen LogP contribution in [-0.2, 0) is 11.2 Å². The van der Waals surface area contributed by atoms with Crippen molar-refractivity contribution in [3.05, 3.63) is 35.4 Å². The van der Waals surface area contributed by atoms with E-state index < -0.39 is 11.6 Å². The van der Waals surface area contributed by atoms with Crippen molar-refractivity contribution in [2.24, 2.45) is 0 Å². The summed E-state index contributed by atoms with van der Waals surface area (Å²) >= 11 is 5.30. The molecule has 0 unspecified atom stereocenters. The fourth-order valence-electron chi connectivity index (χ4n) is 1.40. The topological polar surface area (TPSA) is 29.1 Å². The largest absolute Gasteiger partial charge is 0.352 e. The Morgan fingerprint density at radius 2 is 2.00 bits per heavy atom. The number of rotatable bonds is 4. The Hall–Kier alpha value is -1.16. The molecule has 0 aliphatic carbocycles. The summed E-state index contributed by atoms with van der Waals surface area (Å²) < 4.78 is 26.5. The van der Waals surface area contributed by atoms with Gasteiger partial charge in [0.1, 0.15) is 17.5 Å². The number of alkyl halides is 1. The zero-order valence-corrected chi connectivity index (χ0v) is 9.52. The maximum absolute atomic E-state index is 13.3.